The Kier molecular flexibility index (Phi) is 6.99. The summed E-state index contributed by atoms with van der Waals surface area (Å²) in [6.07, 6.45) is 4.72. The third kappa shape index (κ3) is 4.93. The first kappa shape index (κ1) is 21.7. The van der Waals surface area contributed by atoms with E-state index in [1.807, 2.05) is 56.3 Å². The Morgan fingerprint density at radius 2 is 1.77 bits per heavy atom. The SMILES string of the molecule is COc1cc(OCC=C(C)C)c(CC=C(C)C)c2c1C(=O)C[C@@H](c1ccccc1)O2. The molecule has 2 aromatic rings. The third-order valence-corrected chi connectivity index (χ3v) is 5.05. The second-order valence-electron chi connectivity index (χ2n) is 7.98. The van der Waals surface area contributed by atoms with Gasteiger partial charge >= 0.3 is 0 Å². The predicted octanol–water partition coefficient (Wildman–Crippen LogP) is 6.26. The molecular weight excluding hydrogens is 376 g/mol. The molecule has 1 aliphatic rings. The summed E-state index contributed by atoms with van der Waals surface area (Å²) in [7, 11) is 1.57. The number of carbonyl (C=O) groups is 1. The third-order valence-electron chi connectivity index (χ3n) is 5.05. The van der Waals surface area contributed by atoms with Crippen LogP contribution in [0.25, 0.3) is 0 Å². The predicted molar refractivity (Wildman–Crippen MR) is 120 cm³/mol. The minimum absolute atomic E-state index is 0.0243. The van der Waals surface area contributed by atoms with Gasteiger partial charge in [0.15, 0.2) is 5.78 Å². The Morgan fingerprint density at radius 1 is 1.07 bits per heavy atom. The average Bonchev–Trinajstić information content (AvgIpc) is 2.72. The lowest BCUT2D eigenvalue weighted by Crippen LogP contribution is -2.22. The van der Waals surface area contributed by atoms with E-state index in [1.165, 1.54) is 11.1 Å². The van der Waals surface area contributed by atoms with Crippen molar-refractivity contribution in [1.82, 2.24) is 0 Å². The van der Waals surface area contributed by atoms with Crippen LogP contribution in [0.1, 0.15) is 61.7 Å². The largest absolute Gasteiger partial charge is 0.496 e. The zero-order chi connectivity index (χ0) is 21.7. The van der Waals surface area contributed by atoms with Crippen LogP contribution < -0.4 is 14.2 Å². The molecule has 0 N–H and O–H groups in total. The summed E-state index contributed by atoms with van der Waals surface area (Å²) in [4.78, 5) is 13.1. The maximum absolute atomic E-state index is 13.1. The van der Waals surface area contributed by atoms with Gasteiger partial charge in [-0.3, -0.25) is 4.79 Å². The van der Waals surface area contributed by atoms with Gasteiger partial charge in [-0.15, -0.1) is 0 Å². The topological polar surface area (TPSA) is 44.8 Å². The number of methoxy groups -OCH3 is 1. The highest BCUT2D eigenvalue weighted by atomic mass is 16.5. The van der Waals surface area contributed by atoms with Crippen LogP contribution in [0.5, 0.6) is 17.2 Å². The minimum Gasteiger partial charge on any atom is -0.496 e. The van der Waals surface area contributed by atoms with Crippen LogP contribution >= 0.6 is 0 Å². The minimum atomic E-state index is -0.325. The van der Waals surface area contributed by atoms with Gasteiger partial charge in [-0.25, -0.2) is 0 Å². The first-order valence-corrected chi connectivity index (χ1v) is 10.3. The van der Waals surface area contributed by atoms with Gasteiger partial charge in [0.2, 0.25) is 0 Å². The monoisotopic (exact) mass is 406 g/mol. The Balaban J connectivity index is 2.11. The fourth-order valence-corrected chi connectivity index (χ4v) is 3.44. The van der Waals surface area contributed by atoms with Crippen LogP contribution in [0.4, 0.5) is 0 Å². The Hall–Kier alpha value is -3.01. The maximum Gasteiger partial charge on any atom is 0.174 e. The standard InChI is InChI=1S/C26H30O4/c1-17(2)11-12-20-23(29-14-13-18(3)4)16-24(28-5)25-21(27)15-22(30-26(20)25)19-9-7-6-8-10-19/h6-11,13,16,22H,12,14-15H2,1-5H3/t22-/m0/s1. The van der Waals surface area contributed by atoms with Crippen LogP contribution in [-0.4, -0.2) is 19.5 Å². The molecule has 0 bridgehead atoms. The summed E-state index contributed by atoms with van der Waals surface area (Å²) < 4.78 is 18.1. The number of Topliss-reactive ketones (excluding diaryl/α,β-unsaturated/α-hetero) is 1. The zero-order valence-electron chi connectivity index (χ0n) is 18.5. The van der Waals surface area contributed by atoms with Gasteiger partial charge in [0.1, 0.15) is 35.5 Å². The molecule has 0 aliphatic carbocycles. The van der Waals surface area contributed by atoms with Crippen molar-refractivity contribution < 1.29 is 19.0 Å². The molecule has 4 nitrogen and oxygen atoms in total. The molecule has 1 atom stereocenters. The molecule has 0 fully saturated rings. The lowest BCUT2D eigenvalue weighted by molar-refractivity contribution is 0.0841. The second-order valence-corrected chi connectivity index (χ2v) is 7.98. The molecule has 0 amide bonds. The van der Waals surface area contributed by atoms with E-state index >= 15 is 0 Å². The number of ketones is 1. The van der Waals surface area contributed by atoms with Crippen molar-refractivity contribution in [3.05, 3.63) is 76.4 Å². The highest BCUT2D eigenvalue weighted by molar-refractivity contribution is 6.03. The number of carbonyl (C=O) groups excluding carboxylic acids is 1. The smallest absolute Gasteiger partial charge is 0.174 e. The van der Waals surface area contributed by atoms with E-state index in [4.69, 9.17) is 14.2 Å². The summed E-state index contributed by atoms with van der Waals surface area (Å²) >= 11 is 0. The molecule has 0 spiro atoms. The van der Waals surface area contributed by atoms with E-state index in [9.17, 15) is 4.79 Å². The van der Waals surface area contributed by atoms with Crippen molar-refractivity contribution in [1.29, 1.82) is 0 Å². The van der Waals surface area contributed by atoms with E-state index < -0.39 is 0 Å². The normalized spacial score (nSPS) is 15.0. The molecular formula is C26H30O4. The van der Waals surface area contributed by atoms with Crippen LogP contribution in [0.15, 0.2) is 59.7 Å². The van der Waals surface area contributed by atoms with Gasteiger partial charge < -0.3 is 14.2 Å². The van der Waals surface area contributed by atoms with E-state index in [2.05, 4.69) is 19.9 Å². The number of allylic oxidation sites excluding steroid dienone is 3. The number of hydrogen-bond acceptors (Lipinski definition) is 4. The molecule has 0 radical (unpaired) electrons. The van der Waals surface area contributed by atoms with Crippen LogP contribution in [-0.2, 0) is 6.42 Å². The summed E-state index contributed by atoms with van der Waals surface area (Å²) in [6.45, 7) is 8.62. The molecule has 1 heterocycles. The van der Waals surface area contributed by atoms with Gasteiger partial charge in [0, 0.05) is 11.6 Å². The van der Waals surface area contributed by atoms with Gasteiger partial charge in [-0.2, -0.15) is 0 Å². The number of hydrogen-bond donors (Lipinski definition) is 0. The van der Waals surface area contributed by atoms with Gasteiger partial charge in [-0.1, -0.05) is 47.6 Å². The van der Waals surface area contributed by atoms with Gasteiger partial charge in [0.25, 0.3) is 0 Å². The van der Waals surface area contributed by atoms with Crippen LogP contribution in [0.2, 0.25) is 0 Å². The van der Waals surface area contributed by atoms with Crippen molar-refractivity contribution in [3.63, 3.8) is 0 Å². The summed E-state index contributed by atoms with van der Waals surface area (Å²) in [5, 5.41) is 0. The highest BCUT2D eigenvalue weighted by Gasteiger charge is 2.34. The first-order chi connectivity index (χ1) is 14.4. The zero-order valence-corrected chi connectivity index (χ0v) is 18.5. The van der Waals surface area contributed by atoms with Gasteiger partial charge in [-0.05, 0) is 45.8 Å². The van der Waals surface area contributed by atoms with Crippen molar-refractivity contribution >= 4 is 5.78 Å². The molecule has 1 aliphatic heterocycles. The summed E-state index contributed by atoms with van der Waals surface area (Å²) in [6, 6.07) is 11.7. The lowest BCUT2D eigenvalue weighted by atomic mass is 9.92. The molecule has 0 saturated heterocycles. The molecule has 30 heavy (non-hydrogen) atoms. The quantitative estimate of drug-likeness (QED) is 0.509. The second kappa shape index (κ2) is 9.66. The van der Waals surface area contributed by atoms with Crippen LogP contribution in [0, 0.1) is 0 Å². The molecule has 0 unspecified atom stereocenters. The van der Waals surface area contributed by atoms with E-state index in [-0.39, 0.29) is 18.3 Å². The molecule has 0 saturated carbocycles. The highest BCUT2D eigenvalue weighted by Crippen LogP contribution is 2.46. The number of ether oxygens (including phenoxy) is 3. The van der Waals surface area contributed by atoms with E-state index in [0.717, 1.165) is 11.1 Å². The van der Waals surface area contributed by atoms with Crippen molar-refractivity contribution in [2.45, 2.75) is 46.6 Å². The lowest BCUT2D eigenvalue weighted by Gasteiger charge is -2.29. The van der Waals surface area contributed by atoms with E-state index in [1.54, 1.807) is 7.11 Å². The number of fused-ring (bicyclic) bond motifs is 1. The Labute approximate surface area is 179 Å². The molecule has 158 valence electrons. The van der Waals surface area contributed by atoms with Crippen molar-refractivity contribution in [3.8, 4) is 17.2 Å². The fourth-order valence-electron chi connectivity index (χ4n) is 3.44. The maximum atomic E-state index is 13.1. The average molecular weight is 407 g/mol. The summed E-state index contributed by atoms with van der Waals surface area (Å²) in [5.74, 6) is 1.78. The fraction of sp³-hybridized carbons (Fsp3) is 0.346. The van der Waals surface area contributed by atoms with Crippen LogP contribution in [0.3, 0.4) is 0 Å². The molecule has 4 heteroatoms. The van der Waals surface area contributed by atoms with Crippen molar-refractivity contribution in [2.24, 2.45) is 0 Å². The molecule has 0 aromatic heterocycles. The Morgan fingerprint density at radius 3 is 2.40 bits per heavy atom. The first-order valence-electron chi connectivity index (χ1n) is 10.3. The Bertz CT molecular complexity index is 962. The molecule has 2 aromatic carbocycles. The summed E-state index contributed by atoms with van der Waals surface area (Å²) in [5.41, 5.74) is 4.75. The van der Waals surface area contributed by atoms with Crippen molar-refractivity contribution in [2.75, 3.05) is 13.7 Å². The number of benzene rings is 2. The van der Waals surface area contributed by atoms with E-state index in [0.29, 0.717) is 35.8 Å². The van der Waals surface area contributed by atoms with Gasteiger partial charge in [0.05, 0.1) is 13.5 Å². The number of rotatable bonds is 7. The molecule has 3 rings (SSSR count).